The SMILES string of the molecule is Cc1nn(-c2ccncc2)c(C)c1CCC(=O)O. The van der Waals surface area contributed by atoms with E-state index in [2.05, 4.69) is 10.1 Å². The number of rotatable bonds is 4. The highest BCUT2D eigenvalue weighted by Crippen LogP contribution is 2.18. The van der Waals surface area contributed by atoms with Crippen LogP contribution < -0.4 is 0 Å². The standard InChI is InChI=1S/C13H15N3O2/c1-9-12(3-4-13(17)18)10(2)16(15-9)11-5-7-14-8-6-11/h5-8H,3-4H2,1-2H3,(H,17,18). The van der Waals surface area contributed by atoms with E-state index in [1.165, 1.54) is 0 Å². The van der Waals surface area contributed by atoms with Crippen molar-refractivity contribution in [3.63, 3.8) is 0 Å². The van der Waals surface area contributed by atoms with Crippen LogP contribution in [-0.2, 0) is 11.2 Å². The Morgan fingerprint density at radius 2 is 2.00 bits per heavy atom. The highest BCUT2D eigenvalue weighted by atomic mass is 16.4. The molecule has 94 valence electrons. The van der Waals surface area contributed by atoms with Crippen molar-refractivity contribution in [1.82, 2.24) is 14.8 Å². The third-order valence-electron chi connectivity index (χ3n) is 2.94. The summed E-state index contributed by atoms with van der Waals surface area (Å²) in [6, 6.07) is 3.75. The van der Waals surface area contributed by atoms with E-state index in [4.69, 9.17) is 5.11 Å². The molecule has 1 N–H and O–H groups in total. The number of carboxylic acids is 1. The molecule has 0 saturated carbocycles. The van der Waals surface area contributed by atoms with Gasteiger partial charge in [0.25, 0.3) is 0 Å². The zero-order valence-electron chi connectivity index (χ0n) is 10.4. The Morgan fingerprint density at radius 3 is 2.61 bits per heavy atom. The fourth-order valence-corrected chi connectivity index (χ4v) is 2.01. The number of aliphatic carboxylic acids is 1. The minimum atomic E-state index is -0.787. The fraction of sp³-hybridized carbons (Fsp3) is 0.308. The Labute approximate surface area is 105 Å². The van der Waals surface area contributed by atoms with E-state index in [0.717, 1.165) is 22.6 Å². The zero-order valence-corrected chi connectivity index (χ0v) is 10.4. The lowest BCUT2D eigenvalue weighted by molar-refractivity contribution is -0.136. The molecule has 0 amide bonds. The summed E-state index contributed by atoms with van der Waals surface area (Å²) < 4.78 is 1.83. The summed E-state index contributed by atoms with van der Waals surface area (Å²) in [5.74, 6) is -0.787. The van der Waals surface area contributed by atoms with E-state index >= 15 is 0 Å². The van der Waals surface area contributed by atoms with Gasteiger partial charge in [0.2, 0.25) is 0 Å². The first kappa shape index (κ1) is 12.3. The van der Waals surface area contributed by atoms with Crippen molar-refractivity contribution in [2.75, 3.05) is 0 Å². The molecular formula is C13H15N3O2. The highest BCUT2D eigenvalue weighted by Gasteiger charge is 2.13. The van der Waals surface area contributed by atoms with Gasteiger partial charge >= 0.3 is 5.97 Å². The van der Waals surface area contributed by atoms with Crippen LogP contribution in [0.15, 0.2) is 24.5 Å². The molecule has 2 aromatic rings. The second-order valence-electron chi connectivity index (χ2n) is 4.16. The van der Waals surface area contributed by atoms with Gasteiger partial charge in [-0.15, -0.1) is 0 Å². The number of hydrogen-bond donors (Lipinski definition) is 1. The lowest BCUT2D eigenvalue weighted by Gasteiger charge is -2.04. The average Bonchev–Trinajstić information content (AvgIpc) is 2.63. The van der Waals surface area contributed by atoms with Gasteiger partial charge in [0.1, 0.15) is 0 Å². The van der Waals surface area contributed by atoms with Gasteiger partial charge in [-0.25, -0.2) is 4.68 Å². The van der Waals surface area contributed by atoms with E-state index in [1.807, 2.05) is 30.7 Å². The molecule has 0 saturated heterocycles. The summed E-state index contributed by atoms with van der Waals surface area (Å²) in [6.07, 6.45) is 4.06. The van der Waals surface area contributed by atoms with Crippen molar-refractivity contribution in [2.24, 2.45) is 0 Å². The fourth-order valence-electron chi connectivity index (χ4n) is 2.01. The average molecular weight is 245 g/mol. The van der Waals surface area contributed by atoms with Crippen LogP contribution in [0.25, 0.3) is 5.69 Å². The second-order valence-corrected chi connectivity index (χ2v) is 4.16. The molecule has 2 heterocycles. The summed E-state index contributed by atoms with van der Waals surface area (Å²) in [4.78, 5) is 14.6. The van der Waals surface area contributed by atoms with Gasteiger partial charge in [0.15, 0.2) is 0 Å². The topological polar surface area (TPSA) is 68.0 Å². The number of aryl methyl sites for hydroxylation is 1. The van der Waals surface area contributed by atoms with Gasteiger partial charge in [-0.1, -0.05) is 0 Å². The van der Waals surface area contributed by atoms with E-state index in [9.17, 15) is 4.79 Å². The first-order chi connectivity index (χ1) is 8.59. The van der Waals surface area contributed by atoms with E-state index in [0.29, 0.717) is 6.42 Å². The van der Waals surface area contributed by atoms with Crippen LogP contribution in [0, 0.1) is 13.8 Å². The molecule has 0 aliphatic carbocycles. The maximum absolute atomic E-state index is 10.6. The minimum absolute atomic E-state index is 0.129. The lowest BCUT2D eigenvalue weighted by atomic mass is 10.1. The monoisotopic (exact) mass is 245 g/mol. The van der Waals surface area contributed by atoms with Crippen molar-refractivity contribution < 1.29 is 9.90 Å². The van der Waals surface area contributed by atoms with Crippen molar-refractivity contribution in [3.8, 4) is 5.69 Å². The molecule has 0 atom stereocenters. The highest BCUT2D eigenvalue weighted by molar-refractivity contribution is 5.67. The van der Waals surface area contributed by atoms with Crippen LogP contribution in [0.4, 0.5) is 0 Å². The summed E-state index contributed by atoms with van der Waals surface area (Å²) in [5, 5.41) is 13.2. The summed E-state index contributed by atoms with van der Waals surface area (Å²) >= 11 is 0. The quantitative estimate of drug-likeness (QED) is 0.893. The maximum Gasteiger partial charge on any atom is 0.303 e. The maximum atomic E-state index is 10.6. The van der Waals surface area contributed by atoms with Gasteiger partial charge in [0.05, 0.1) is 11.4 Å². The molecule has 0 aliphatic rings. The molecule has 0 unspecified atom stereocenters. The predicted molar refractivity (Wildman–Crippen MR) is 66.8 cm³/mol. The predicted octanol–water partition coefficient (Wildman–Crippen LogP) is 1.90. The molecule has 2 rings (SSSR count). The Bertz CT molecular complexity index is 561. The van der Waals surface area contributed by atoms with Crippen LogP contribution >= 0.6 is 0 Å². The molecular weight excluding hydrogens is 230 g/mol. The Morgan fingerprint density at radius 1 is 1.33 bits per heavy atom. The third kappa shape index (κ3) is 2.40. The van der Waals surface area contributed by atoms with Crippen molar-refractivity contribution in [3.05, 3.63) is 41.5 Å². The minimum Gasteiger partial charge on any atom is -0.481 e. The summed E-state index contributed by atoms with van der Waals surface area (Å²) in [6.45, 7) is 3.86. The van der Waals surface area contributed by atoms with E-state index < -0.39 is 5.97 Å². The number of carboxylic acid groups (broad SMARTS) is 1. The van der Waals surface area contributed by atoms with Crippen molar-refractivity contribution in [2.45, 2.75) is 26.7 Å². The van der Waals surface area contributed by atoms with Gasteiger partial charge in [0, 0.05) is 24.5 Å². The Kier molecular flexibility index (Phi) is 3.41. The molecule has 5 heteroatoms. The number of pyridine rings is 1. The lowest BCUT2D eigenvalue weighted by Crippen LogP contribution is -2.01. The largest absolute Gasteiger partial charge is 0.481 e. The molecule has 0 bridgehead atoms. The number of hydrogen-bond acceptors (Lipinski definition) is 3. The molecule has 18 heavy (non-hydrogen) atoms. The van der Waals surface area contributed by atoms with E-state index in [-0.39, 0.29) is 6.42 Å². The molecule has 5 nitrogen and oxygen atoms in total. The Hall–Kier alpha value is -2.17. The molecule has 0 radical (unpaired) electrons. The number of nitrogens with zero attached hydrogens (tertiary/aromatic N) is 3. The third-order valence-corrected chi connectivity index (χ3v) is 2.94. The van der Waals surface area contributed by atoms with Gasteiger partial charge < -0.3 is 5.11 Å². The van der Waals surface area contributed by atoms with Crippen LogP contribution in [0.3, 0.4) is 0 Å². The van der Waals surface area contributed by atoms with Crippen LogP contribution in [0.2, 0.25) is 0 Å². The molecule has 0 spiro atoms. The molecule has 2 aromatic heterocycles. The van der Waals surface area contributed by atoms with Crippen LogP contribution in [0.5, 0.6) is 0 Å². The normalized spacial score (nSPS) is 10.6. The molecule has 0 aliphatic heterocycles. The van der Waals surface area contributed by atoms with Crippen molar-refractivity contribution in [1.29, 1.82) is 0 Å². The van der Waals surface area contributed by atoms with Gasteiger partial charge in [-0.3, -0.25) is 9.78 Å². The van der Waals surface area contributed by atoms with E-state index in [1.54, 1.807) is 12.4 Å². The van der Waals surface area contributed by atoms with Crippen LogP contribution in [0.1, 0.15) is 23.4 Å². The molecule has 0 fully saturated rings. The summed E-state index contributed by atoms with van der Waals surface area (Å²) in [7, 11) is 0. The van der Waals surface area contributed by atoms with Crippen LogP contribution in [-0.4, -0.2) is 25.8 Å². The second kappa shape index (κ2) is 5.00. The van der Waals surface area contributed by atoms with Gasteiger partial charge in [-0.05, 0) is 38.0 Å². The number of aromatic nitrogens is 3. The first-order valence-corrected chi connectivity index (χ1v) is 5.77. The first-order valence-electron chi connectivity index (χ1n) is 5.77. The zero-order chi connectivity index (χ0) is 13.1. The number of carbonyl (C=O) groups is 1. The molecule has 0 aromatic carbocycles. The smallest absolute Gasteiger partial charge is 0.303 e. The van der Waals surface area contributed by atoms with Crippen molar-refractivity contribution >= 4 is 5.97 Å². The van der Waals surface area contributed by atoms with Gasteiger partial charge in [-0.2, -0.15) is 5.10 Å². The Balaban J connectivity index is 2.35. The summed E-state index contributed by atoms with van der Waals surface area (Å²) in [5.41, 5.74) is 3.81.